The standard InChI is InChI=1S/C4H5FO2S/c1-2-4(5)3-8(6)7/h2H2,1H3. The van der Waals surface area contributed by atoms with Gasteiger partial charge in [0.25, 0.3) is 10.3 Å². The van der Waals surface area contributed by atoms with Crippen LogP contribution in [0.4, 0.5) is 4.39 Å². The van der Waals surface area contributed by atoms with Crippen molar-refractivity contribution in [2.24, 2.45) is 0 Å². The van der Waals surface area contributed by atoms with E-state index < -0.39 is 16.1 Å². The van der Waals surface area contributed by atoms with Gasteiger partial charge in [-0.3, -0.25) is 0 Å². The Labute approximate surface area is 48.2 Å². The maximum Gasteiger partial charge on any atom is 0.262 e. The molecule has 0 atom stereocenters. The van der Waals surface area contributed by atoms with Crippen molar-refractivity contribution >= 4 is 15.3 Å². The first-order chi connectivity index (χ1) is 3.66. The average molecular weight is 136 g/mol. The predicted octanol–water partition coefficient (Wildman–Crippen LogP) is 0.530. The molecule has 0 aliphatic heterocycles. The Bertz CT molecular complexity index is 212. The van der Waals surface area contributed by atoms with Crippen molar-refractivity contribution < 1.29 is 12.8 Å². The molecule has 0 amide bonds. The molecule has 0 aromatic carbocycles. The van der Waals surface area contributed by atoms with E-state index in [1.165, 1.54) is 6.92 Å². The molecule has 0 spiro atoms. The van der Waals surface area contributed by atoms with Gasteiger partial charge in [0.2, 0.25) is 0 Å². The summed E-state index contributed by atoms with van der Waals surface area (Å²) >= 11 is 0. The molecule has 0 N–H and O–H groups in total. The van der Waals surface area contributed by atoms with E-state index >= 15 is 0 Å². The molecule has 0 heterocycles. The molecular weight excluding hydrogens is 131 g/mol. The van der Waals surface area contributed by atoms with Gasteiger partial charge in [-0.25, -0.2) is 4.39 Å². The number of rotatable bonds is 1. The molecule has 4 heteroatoms. The first-order valence-corrected chi connectivity index (χ1v) is 3.11. The molecule has 0 rings (SSSR count). The molecule has 8 heavy (non-hydrogen) atoms. The van der Waals surface area contributed by atoms with Crippen molar-refractivity contribution in [1.82, 2.24) is 0 Å². The number of allylic oxidation sites excluding steroid dienone is 1. The first-order valence-electron chi connectivity index (χ1n) is 2.04. The summed E-state index contributed by atoms with van der Waals surface area (Å²) in [4.78, 5) is 0. The van der Waals surface area contributed by atoms with Crippen molar-refractivity contribution in [2.45, 2.75) is 13.3 Å². The minimum absolute atomic E-state index is 0.0774. The lowest BCUT2D eigenvalue weighted by molar-refractivity contribution is 0.615. The van der Waals surface area contributed by atoms with Crippen LogP contribution in [0.15, 0.2) is 5.83 Å². The van der Waals surface area contributed by atoms with Gasteiger partial charge in [0.05, 0.1) is 0 Å². The van der Waals surface area contributed by atoms with Crippen molar-refractivity contribution in [3.63, 3.8) is 0 Å². The zero-order valence-electron chi connectivity index (χ0n) is 4.31. The molecule has 0 radical (unpaired) electrons. The van der Waals surface area contributed by atoms with E-state index in [9.17, 15) is 12.8 Å². The summed E-state index contributed by atoms with van der Waals surface area (Å²) in [6.45, 7) is 1.51. The van der Waals surface area contributed by atoms with E-state index in [0.717, 1.165) is 0 Å². The third-order valence-electron chi connectivity index (χ3n) is 0.504. The normalized spacial score (nSPS) is 7.75. The lowest BCUT2D eigenvalue weighted by atomic mass is 10.5. The van der Waals surface area contributed by atoms with Crippen LogP contribution in [0.3, 0.4) is 0 Å². The second-order valence-electron chi connectivity index (χ2n) is 1.10. The number of halogens is 1. The van der Waals surface area contributed by atoms with Gasteiger partial charge in [0.1, 0.15) is 0 Å². The van der Waals surface area contributed by atoms with Crippen molar-refractivity contribution in [1.29, 1.82) is 0 Å². The van der Waals surface area contributed by atoms with Gasteiger partial charge >= 0.3 is 0 Å². The minimum atomic E-state index is -2.51. The molecular formula is C4H5FO2S. The molecule has 0 fully saturated rings. The lowest BCUT2D eigenvalue weighted by Gasteiger charge is -1.73. The Hall–Kier alpha value is -0.600. The summed E-state index contributed by atoms with van der Waals surface area (Å²) in [6.07, 6.45) is 0.0774. The maximum atomic E-state index is 11.8. The van der Waals surface area contributed by atoms with Crippen molar-refractivity contribution in [3.8, 4) is 0 Å². The van der Waals surface area contributed by atoms with Crippen LogP contribution < -0.4 is 0 Å². The largest absolute Gasteiger partial charge is 0.262 e. The highest BCUT2D eigenvalue weighted by atomic mass is 32.2. The third-order valence-corrected chi connectivity index (χ3v) is 0.893. The van der Waals surface area contributed by atoms with Crippen LogP contribution in [-0.4, -0.2) is 13.4 Å². The van der Waals surface area contributed by atoms with Gasteiger partial charge in [0, 0.05) is 11.4 Å². The summed E-state index contributed by atoms with van der Waals surface area (Å²) in [5.41, 5.74) is 0. The van der Waals surface area contributed by atoms with Gasteiger partial charge in [-0.05, 0) is 0 Å². The van der Waals surface area contributed by atoms with Crippen LogP contribution in [0.5, 0.6) is 0 Å². The van der Waals surface area contributed by atoms with Crippen LogP contribution in [0.2, 0.25) is 0 Å². The van der Waals surface area contributed by atoms with E-state index in [-0.39, 0.29) is 6.42 Å². The zero-order chi connectivity index (χ0) is 6.57. The van der Waals surface area contributed by atoms with E-state index in [1.54, 1.807) is 5.02 Å². The molecule has 0 aliphatic carbocycles. The smallest absolute Gasteiger partial charge is 0.202 e. The quantitative estimate of drug-likeness (QED) is 0.493. The number of hydrogen-bond acceptors (Lipinski definition) is 2. The Morgan fingerprint density at radius 2 is 2.25 bits per heavy atom. The average Bonchev–Trinajstić information content (AvgIpc) is 1.65. The summed E-state index contributed by atoms with van der Waals surface area (Å²) in [7, 11) is -2.51. The Kier molecular flexibility index (Phi) is 3.15. The van der Waals surface area contributed by atoms with E-state index in [4.69, 9.17) is 0 Å². The van der Waals surface area contributed by atoms with Gasteiger partial charge < -0.3 is 0 Å². The van der Waals surface area contributed by atoms with Crippen LogP contribution in [-0.2, 0) is 10.3 Å². The fourth-order valence-electron chi connectivity index (χ4n) is 0.163. The Balaban J connectivity index is 4.66. The highest BCUT2D eigenvalue weighted by molar-refractivity contribution is 7.70. The molecule has 0 bridgehead atoms. The molecule has 46 valence electrons. The van der Waals surface area contributed by atoms with Crippen molar-refractivity contribution in [2.75, 3.05) is 0 Å². The van der Waals surface area contributed by atoms with Gasteiger partial charge in [-0.15, -0.1) is 0 Å². The first kappa shape index (κ1) is 7.40. The Morgan fingerprint density at radius 3 is 2.38 bits per heavy atom. The molecule has 0 unspecified atom stereocenters. The van der Waals surface area contributed by atoms with E-state index in [2.05, 4.69) is 0 Å². The predicted molar refractivity (Wildman–Crippen MR) is 28.8 cm³/mol. The fourth-order valence-corrected chi connectivity index (χ4v) is 0.488. The monoisotopic (exact) mass is 136 g/mol. The highest BCUT2D eigenvalue weighted by Gasteiger charge is 1.82. The van der Waals surface area contributed by atoms with Gasteiger partial charge in [-0.1, -0.05) is 6.92 Å². The van der Waals surface area contributed by atoms with Crippen LogP contribution >= 0.6 is 0 Å². The van der Waals surface area contributed by atoms with Gasteiger partial charge in [-0.2, -0.15) is 8.42 Å². The molecule has 0 saturated carbocycles. The van der Waals surface area contributed by atoms with E-state index in [1.807, 2.05) is 0 Å². The molecule has 0 aromatic rings. The summed E-state index contributed by atoms with van der Waals surface area (Å²) in [5, 5.41) is 1.56. The topological polar surface area (TPSA) is 34.1 Å². The minimum Gasteiger partial charge on any atom is -0.202 e. The molecule has 0 aliphatic rings. The van der Waals surface area contributed by atoms with Gasteiger partial charge in [0.15, 0.2) is 5.83 Å². The Morgan fingerprint density at radius 1 is 1.75 bits per heavy atom. The SMILES string of the molecule is CCC(F)=C=S(=O)=O. The second-order valence-corrected chi connectivity index (χ2v) is 1.77. The zero-order valence-corrected chi connectivity index (χ0v) is 5.13. The molecule has 0 saturated heterocycles. The van der Waals surface area contributed by atoms with Crippen LogP contribution in [0.1, 0.15) is 13.3 Å². The second kappa shape index (κ2) is 3.41. The highest BCUT2D eigenvalue weighted by Crippen LogP contribution is 1.92. The third kappa shape index (κ3) is 3.59. The van der Waals surface area contributed by atoms with E-state index in [0.29, 0.717) is 0 Å². The lowest BCUT2D eigenvalue weighted by Crippen LogP contribution is -1.68. The summed E-state index contributed by atoms with van der Waals surface area (Å²) in [5.74, 6) is -0.738. The van der Waals surface area contributed by atoms with Crippen LogP contribution in [0, 0.1) is 0 Å². The summed E-state index contributed by atoms with van der Waals surface area (Å²) in [6, 6.07) is 0. The maximum absolute atomic E-state index is 11.8. The van der Waals surface area contributed by atoms with Crippen LogP contribution in [0.25, 0.3) is 0 Å². The molecule has 2 nitrogen and oxygen atoms in total. The fraction of sp³-hybridized carbons (Fsp3) is 0.500. The number of hydrogen-bond donors (Lipinski definition) is 0. The van der Waals surface area contributed by atoms with Crippen molar-refractivity contribution in [3.05, 3.63) is 5.83 Å². The summed E-state index contributed by atoms with van der Waals surface area (Å²) < 4.78 is 31.0. The molecule has 0 aromatic heterocycles.